The lowest BCUT2D eigenvalue weighted by molar-refractivity contribution is 0.101. The summed E-state index contributed by atoms with van der Waals surface area (Å²) in [6.07, 6.45) is 1.56. The van der Waals surface area contributed by atoms with Gasteiger partial charge in [-0.05, 0) is 5.75 Å². The number of carbonyl (C=O) groups excluding carboxylic acids is 1. The summed E-state index contributed by atoms with van der Waals surface area (Å²) in [6, 6.07) is 0. The number of nitrogens with zero attached hydrogens (tertiary/aromatic N) is 2. The number of aryl methyl sites for hydroxylation is 1. The van der Waals surface area contributed by atoms with Crippen molar-refractivity contribution in [1.29, 1.82) is 0 Å². The van der Waals surface area contributed by atoms with Gasteiger partial charge in [0.1, 0.15) is 5.69 Å². The smallest absolute Gasteiger partial charge is 0.194 e. The van der Waals surface area contributed by atoms with Gasteiger partial charge in [0.05, 0.1) is 19.1 Å². The molecule has 0 amide bonds. The minimum Gasteiger partial charge on any atom is -0.493 e. The van der Waals surface area contributed by atoms with Crippen molar-refractivity contribution in [2.24, 2.45) is 7.05 Å². The zero-order valence-electron chi connectivity index (χ0n) is 8.61. The molecule has 1 aromatic rings. The van der Waals surface area contributed by atoms with E-state index in [4.69, 9.17) is 4.74 Å². The lowest BCUT2D eigenvalue weighted by Crippen LogP contribution is -2.10. The van der Waals surface area contributed by atoms with Crippen LogP contribution in [0.3, 0.4) is 0 Å². The molecule has 0 radical (unpaired) electrons. The zero-order valence-corrected chi connectivity index (χ0v) is 9.43. The minimum atomic E-state index is 0.0636. The maximum Gasteiger partial charge on any atom is 0.194 e. The van der Waals surface area contributed by atoms with Crippen LogP contribution in [0.2, 0.25) is 0 Å². The molecule has 1 heterocycles. The third-order valence-electron chi connectivity index (χ3n) is 1.83. The van der Waals surface area contributed by atoms with Crippen LogP contribution in [0.15, 0.2) is 6.20 Å². The molecule has 0 unspecified atom stereocenters. The minimum absolute atomic E-state index is 0.0636. The van der Waals surface area contributed by atoms with E-state index < -0.39 is 0 Å². The number of hydrogen-bond acceptors (Lipinski definition) is 4. The number of carbonyl (C=O) groups is 1. The molecule has 0 aliphatic rings. The first-order valence-corrected chi connectivity index (χ1v) is 5.53. The molecule has 1 aromatic heterocycles. The summed E-state index contributed by atoms with van der Waals surface area (Å²) in [4.78, 5) is 11.7. The zero-order chi connectivity index (χ0) is 10.6. The lowest BCUT2D eigenvalue weighted by Gasteiger charge is -2.03. The second-order valence-electron chi connectivity index (χ2n) is 2.75. The molecule has 5 heteroatoms. The third kappa shape index (κ3) is 2.29. The van der Waals surface area contributed by atoms with Crippen LogP contribution >= 0.6 is 11.8 Å². The summed E-state index contributed by atoms with van der Waals surface area (Å²) in [5, 5.41) is 3.98. The van der Waals surface area contributed by atoms with Crippen LogP contribution < -0.4 is 4.74 Å². The number of aromatic nitrogens is 2. The quantitative estimate of drug-likeness (QED) is 0.694. The molecule has 0 aliphatic heterocycles. The number of thioether (sulfide) groups is 1. The Bertz CT molecular complexity index is 323. The third-order valence-corrected chi connectivity index (χ3v) is 2.70. The van der Waals surface area contributed by atoms with Crippen LogP contribution in [0.1, 0.15) is 17.4 Å². The number of methoxy groups -OCH3 is 1. The molecular weight excluding hydrogens is 200 g/mol. The summed E-state index contributed by atoms with van der Waals surface area (Å²) in [6.45, 7) is 2.03. The Labute approximate surface area is 87.6 Å². The second-order valence-corrected chi connectivity index (χ2v) is 4.02. The number of Topliss-reactive ketones (excluding diaryl/α,β-unsaturated/α-hetero) is 1. The van der Waals surface area contributed by atoms with Crippen molar-refractivity contribution in [2.75, 3.05) is 18.6 Å². The molecule has 0 bridgehead atoms. The Morgan fingerprint density at radius 1 is 1.71 bits per heavy atom. The molecule has 14 heavy (non-hydrogen) atoms. The molecule has 0 fully saturated rings. The van der Waals surface area contributed by atoms with E-state index in [1.54, 1.807) is 36.8 Å². The first-order valence-electron chi connectivity index (χ1n) is 4.37. The molecule has 0 saturated carbocycles. The first-order chi connectivity index (χ1) is 6.70. The Kier molecular flexibility index (Phi) is 4.00. The number of rotatable bonds is 5. The van der Waals surface area contributed by atoms with Gasteiger partial charge < -0.3 is 4.74 Å². The molecule has 1 rings (SSSR count). The van der Waals surface area contributed by atoms with Crippen LogP contribution in [0.5, 0.6) is 5.75 Å². The molecule has 4 nitrogen and oxygen atoms in total. The molecule has 0 saturated heterocycles. The monoisotopic (exact) mass is 214 g/mol. The number of ether oxygens (including phenoxy) is 1. The Morgan fingerprint density at radius 3 is 3.00 bits per heavy atom. The van der Waals surface area contributed by atoms with Crippen molar-refractivity contribution in [3.8, 4) is 5.75 Å². The highest BCUT2D eigenvalue weighted by molar-refractivity contribution is 7.99. The highest BCUT2D eigenvalue weighted by Crippen LogP contribution is 2.18. The maximum atomic E-state index is 11.7. The van der Waals surface area contributed by atoms with Crippen molar-refractivity contribution in [1.82, 2.24) is 9.78 Å². The summed E-state index contributed by atoms with van der Waals surface area (Å²) in [5.41, 5.74) is 0.549. The molecule has 0 spiro atoms. The van der Waals surface area contributed by atoms with E-state index in [2.05, 4.69) is 5.10 Å². The predicted octanol–water partition coefficient (Wildman–Crippen LogP) is 1.36. The molecule has 0 aliphatic carbocycles. The fourth-order valence-corrected chi connectivity index (χ4v) is 1.67. The molecular formula is C9H14N2O2S. The average Bonchev–Trinajstić information content (AvgIpc) is 2.56. The molecule has 0 N–H and O–H groups in total. The van der Waals surface area contributed by atoms with Gasteiger partial charge in [0, 0.05) is 7.05 Å². The predicted molar refractivity (Wildman–Crippen MR) is 57.1 cm³/mol. The fourth-order valence-electron chi connectivity index (χ4n) is 1.15. The van der Waals surface area contributed by atoms with E-state index in [9.17, 15) is 4.79 Å². The topological polar surface area (TPSA) is 44.1 Å². The van der Waals surface area contributed by atoms with Crippen LogP contribution in [0, 0.1) is 0 Å². The Morgan fingerprint density at radius 2 is 2.43 bits per heavy atom. The first kappa shape index (κ1) is 11.1. The van der Waals surface area contributed by atoms with Crippen LogP contribution in [0.25, 0.3) is 0 Å². The van der Waals surface area contributed by atoms with Crippen LogP contribution in [-0.2, 0) is 7.05 Å². The van der Waals surface area contributed by atoms with Gasteiger partial charge in [0.2, 0.25) is 0 Å². The largest absolute Gasteiger partial charge is 0.493 e. The van der Waals surface area contributed by atoms with E-state index in [1.807, 2.05) is 6.92 Å². The van der Waals surface area contributed by atoms with Gasteiger partial charge in [-0.2, -0.15) is 16.9 Å². The van der Waals surface area contributed by atoms with Crippen molar-refractivity contribution < 1.29 is 9.53 Å². The van der Waals surface area contributed by atoms with Crippen molar-refractivity contribution >= 4 is 17.5 Å². The van der Waals surface area contributed by atoms with E-state index in [0.29, 0.717) is 17.2 Å². The van der Waals surface area contributed by atoms with Gasteiger partial charge >= 0.3 is 0 Å². The van der Waals surface area contributed by atoms with Gasteiger partial charge in [-0.15, -0.1) is 0 Å². The number of hydrogen-bond donors (Lipinski definition) is 0. The normalized spacial score (nSPS) is 10.2. The second kappa shape index (κ2) is 5.05. The van der Waals surface area contributed by atoms with E-state index >= 15 is 0 Å². The summed E-state index contributed by atoms with van der Waals surface area (Å²) in [5.74, 6) is 2.03. The van der Waals surface area contributed by atoms with E-state index in [-0.39, 0.29) is 5.78 Å². The summed E-state index contributed by atoms with van der Waals surface area (Å²) >= 11 is 1.60. The van der Waals surface area contributed by atoms with Gasteiger partial charge in [-0.25, -0.2) is 0 Å². The van der Waals surface area contributed by atoms with Crippen LogP contribution in [0.4, 0.5) is 0 Å². The molecule has 0 aromatic carbocycles. The highest BCUT2D eigenvalue weighted by atomic mass is 32.2. The fraction of sp³-hybridized carbons (Fsp3) is 0.556. The standard InChI is InChI=1S/C9H14N2O2S/c1-4-14-6-7(12)9-8(13-3)5-10-11(9)2/h5H,4,6H2,1-3H3. The van der Waals surface area contributed by atoms with Gasteiger partial charge in [-0.3, -0.25) is 9.48 Å². The van der Waals surface area contributed by atoms with Crippen LogP contribution in [-0.4, -0.2) is 34.2 Å². The maximum absolute atomic E-state index is 11.7. The van der Waals surface area contributed by atoms with Gasteiger partial charge in [0.25, 0.3) is 0 Å². The van der Waals surface area contributed by atoms with Crippen molar-refractivity contribution in [3.63, 3.8) is 0 Å². The van der Waals surface area contributed by atoms with Gasteiger partial charge in [-0.1, -0.05) is 6.92 Å². The lowest BCUT2D eigenvalue weighted by atomic mass is 10.3. The molecule has 78 valence electrons. The Hall–Kier alpha value is -0.970. The summed E-state index contributed by atoms with van der Waals surface area (Å²) < 4.78 is 6.61. The van der Waals surface area contributed by atoms with E-state index in [0.717, 1.165) is 5.75 Å². The van der Waals surface area contributed by atoms with Crippen molar-refractivity contribution in [2.45, 2.75) is 6.92 Å². The Balaban J connectivity index is 2.82. The average molecular weight is 214 g/mol. The summed E-state index contributed by atoms with van der Waals surface area (Å²) in [7, 11) is 3.28. The van der Waals surface area contributed by atoms with Crippen molar-refractivity contribution in [3.05, 3.63) is 11.9 Å². The highest BCUT2D eigenvalue weighted by Gasteiger charge is 2.16. The van der Waals surface area contributed by atoms with Gasteiger partial charge in [0.15, 0.2) is 11.5 Å². The molecule has 0 atom stereocenters. The SMILES string of the molecule is CCSCC(=O)c1c(OC)cnn1C. The van der Waals surface area contributed by atoms with E-state index in [1.165, 1.54) is 0 Å². The number of ketones is 1.